The summed E-state index contributed by atoms with van der Waals surface area (Å²) in [6.07, 6.45) is 0. The van der Waals surface area contributed by atoms with E-state index in [1.54, 1.807) is 0 Å². The molecule has 158 valence electrons. The summed E-state index contributed by atoms with van der Waals surface area (Å²) < 4.78 is 0. The second kappa shape index (κ2) is 9.32. The van der Waals surface area contributed by atoms with Crippen molar-refractivity contribution in [1.82, 2.24) is 4.98 Å². The highest BCUT2D eigenvalue weighted by Gasteiger charge is 2.24. The van der Waals surface area contributed by atoms with Gasteiger partial charge in [0.1, 0.15) is 0 Å². The lowest BCUT2D eigenvalue weighted by Crippen LogP contribution is -1.98. The first kappa shape index (κ1) is 21.0. The molecule has 0 spiro atoms. The van der Waals surface area contributed by atoms with Gasteiger partial charge in [-0.1, -0.05) is 95.7 Å². The predicted molar refractivity (Wildman–Crippen MR) is 139 cm³/mol. The average molecular weight is 452 g/mol. The minimum absolute atomic E-state index is 0.183. The van der Waals surface area contributed by atoms with Gasteiger partial charge in [-0.3, -0.25) is 0 Å². The van der Waals surface area contributed by atoms with Crippen LogP contribution in [0.1, 0.15) is 27.5 Å². The second-order valence-electron chi connectivity index (χ2n) is 8.05. The normalized spacial score (nSPS) is 12.2. The van der Waals surface area contributed by atoms with Crippen molar-refractivity contribution in [2.45, 2.75) is 33.9 Å². The summed E-state index contributed by atoms with van der Waals surface area (Å²) in [5.41, 5.74) is 6.41. The van der Waals surface area contributed by atoms with Crippen LogP contribution in [0.15, 0.2) is 118 Å². The number of hydrogen-bond donors (Lipinski definition) is 1. The fraction of sp³-hybridized carbons (Fsp3) is 0.103. The molecule has 1 N–H and O–H groups in total. The third kappa shape index (κ3) is 4.50. The maximum absolute atomic E-state index is 3.72. The van der Waals surface area contributed by atoms with Crippen molar-refractivity contribution >= 4 is 34.4 Å². The predicted octanol–water partition coefficient (Wildman–Crippen LogP) is 8.82. The van der Waals surface area contributed by atoms with E-state index < -0.39 is 0 Å². The molecule has 0 bridgehead atoms. The quantitative estimate of drug-likeness (QED) is 0.260. The van der Waals surface area contributed by atoms with Gasteiger partial charge in [-0.05, 0) is 49.7 Å². The molecule has 1 aromatic heterocycles. The van der Waals surface area contributed by atoms with E-state index in [1.165, 1.54) is 48.0 Å². The van der Waals surface area contributed by atoms with Crippen LogP contribution in [-0.2, 0) is 0 Å². The summed E-state index contributed by atoms with van der Waals surface area (Å²) in [5, 5.41) is 2.68. The van der Waals surface area contributed by atoms with E-state index in [9.17, 15) is 0 Å². The first-order valence-corrected chi connectivity index (χ1v) is 12.5. The summed E-state index contributed by atoms with van der Waals surface area (Å²) in [5.74, 6) is 0. The zero-order chi connectivity index (χ0) is 21.9. The molecule has 0 fully saturated rings. The Labute approximate surface area is 198 Å². The van der Waals surface area contributed by atoms with E-state index in [0.29, 0.717) is 0 Å². The average Bonchev–Trinajstić information content (AvgIpc) is 3.18. The summed E-state index contributed by atoms with van der Waals surface area (Å²) in [4.78, 5) is 6.25. The number of hydrogen-bond acceptors (Lipinski definition) is 2. The smallest absolute Gasteiger partial charge is 0.0828 e. The van der Waals surface area contributed by atoms with Crippen LogP contribution in [0.2, 0.25) is 0 Å². The van der Waals surface area contributed by atoms with Gasteiger partial charge in [0.2, 0.25) is 0 Å². The zero-order valence-electron chi connectivity index (χ0n) is 18.2. The Balaban J connectivity index is 1.65. The van der Waals surface area contributed by atoms with Crippen LogP contribution in [0.4, 0.5) is 0 Å². The van der Waals surface area contributed by atoms with Crippen LogP contribution in [-0.4, -0.2) is 4.98 Å². The zero-order valence-corrected chi connectivity index (χ0v) is 19.8. The Morgan fingerprint density at radius 2 is 1.22 bits per heavy atom. The number of fused-ring (bicyclic) bond motifs is 1. The number of nitrogens with one attached hydrogen (secondary N) is 1. The molecule has 1 nitrogen and oxygen atoms in total. The maximum atomic E-state index is 3.72. The molecule has 0 aliphatic rings. The molecule has 32 heavy (non-hydrogen) atoms. The lowest BCUT2D eigenvalue weighted by atomic mass is 10.0. The van der Waals surface area contributed by atoms with E-state index in [-0.39, 0.29) is 5.25 Å². The van der Waals surface area contributed by atoms with E-state index in [2.05, 4.69) is 122 Å². The minimum Gasteiger partial charge on any atom is -0.349 e. The molecule has 1 unspecified atom stereocenters. The Bertz CT molecular complexity index is 1320. The SMILES string of the molecule is Cc1ccc(Sc2[nH]c3ccccc3c2C(Sc2ccc(C)cc2)c2ccccc2)cc1. The number of rotatable bonds is 6. The molecular formula is C29H25NS2. The van der Waals surface area contributed by atoms with Gasteiger partial charge in [-0.15, -0.1) is 11.8 Å². The molecule has 0 radical (unpaired) electrons. The Kier molecular flexibility index (Phi) is 6.11. The highest BCUT2D eigenvalue weighted by Crippen LogP contribution is 2.48. The van der Waals surface area contributed by atoms with Crippen molar-refractivity contribution in [3.05, 3.63) is 125 Å². The van der Waals surface area contributed by atoms with E-state index in [4.69, 9.17) is 0 Å². The molecular weight excluding hydrogens is 426 g/mol. The maximum Gasteiger partial charge on any atom is 0.0828 e. The van der Waals surface area contributed by atoms with Crippen molar-refractivity contribution in [3.63, 3.8) is 0 Å². The second-order valence-corrected chi connectivity index (χ2v) is 10.3. The molecule has 0 aliphatic carbocycles. The number of H-pyrrole nitrogens is 1. The molecule has 1 atom stereocenters. The molecule has 5 rings (SSSR count). The number of para-hydroxylation sites is 1. The summed E-state index contributed by atoms with van der Waals surface area (Å²) in [7, 11) is 0. The summed E-state index contributed by atoms with van der Waals surface area (Å²) in [6, 6.07) is 37.2. The van der Waals surface area contributed by atoms with Crippen molar-refractivity contribution in [3.8, 4) is 0 Å². The number of aromatic amines is 1. The largest absolute Gasteiger partial charge is 0.349 e. The van der Waals surface area contributed by atoms with Gasteiger partial charge >= 0.3 is 0 Å². The van der Waals surface area contributed by atoms with Crippen LogP contribution in [0.5, 0.6) is 0 Å². The highest BCUT2D eigenvalue weighted by atomic mass is 32.2. The number of aryl methyl sites for hydroxylation is 2. The highest BCUT2D eigenvalue weighted by molar-refractivity contribution is 8.00. The van der Waals surface area contributed by atoms with Crippen molar-refractivity contribution in [2.75, 3.05) is 0 Å². The Hall–Kier alpha value is -2.88. The van der Waals surface area contributed by atoms with Crippen LogP contribution in [0, 0.1) is 13.8 Å². The van der Waals surface area contributed by atoms with Gasteiger partial charge in [0, 0.05) is 26.3 Å². The van der Waals surface area contributed by atoms with E-state index in [0.717, 1.165) is 0 Å². The molecule has 3 heteroatoms. The lowest BCUT2D eigenvalue weighted by molar-refractivity contribution is 1.07. The minimum atomic E-state index is 0.183. The third-order valence-corrected chi connectivity index (χ3v) is 7.91. The van der Waals surface area contributed by atoms with Crippen LogP contribution in [0.3, 0.4) is 0 Å². The molecule has 0 saturated heterocycles. The molecule has 0 saturated carbocycles. The van der Waals surface area contributed by atoms with Crippen LogP contribution >= 0.6 is 23.5 Å². The molecule has 1 heterocycles. The van der Waals surface area contributed by atoms with Crippen molar-refractivity contribution in [1.29, 1.82) is 0 Å². The van der Waals surface area contributed by atoms with Gasteiger partial charge in [0.15, 0.2) is 0 Å². The first-order valence-electron chi connectivity index (χ1n) is 10.8. The third-order valence-electron chi connectivity index (χ3n) is 5.59. The summed E-state index contributed by atoms with van der Waals surface area (Å²) in [6.45, 7) is 4.27. The van der Waals surface area contributed by atoms with E-state index in [1.807, 2.05) is 23.5 Å². The van der Waals surface area contributed by atoms with Crippen molar-refractivity contribution in [2.24, 2.45) is 0 Å². The first-order chi connectivity index (χ1) is 15.7. The van der Waals surface area contributed by atoms with Gasteiger partial charge in [0.05, 0.1) is 10.3 Å². The molecule has 4 aromatic carbocycles. The topological polar surface area (TPSA) is 15.8 Å². The Morgan fingerprint density at radius 3 is 1.91 bits per heavy atom. The molecule has 0 aliphatic heterocycles. The monoisotopic (exact) mass is 451 g/mol. The standard InChI is InChI=1S/C29H25NS2/c1-20-12-16-23(17-13-20)31-28(22-8-4-3-5-9-22)27-25-10-6-7-11-26(25)30-29(27)32-24-18-14-21(2)15-19-24/h3-19,28,30H,1-2H3. The molecule has 0 amide bonds. The molecule has 5 aromatic rings. The lowest BCUT2D eigenvalue weighted by Gasteiger charge is -2.19. The van der Waals surface area contributed by atoms with Gasteiger partial charge in [0.25, 0.3) is 0 Å². The van der Waals surface area contributed by atoms with Crippen molar-refractivity contribution < 1.29 is 0 Å². The van der Waals surface area contributed by atoms with E-state index >= 15 is 0 Å². The number of thioether (sulfide) groups is 1. The summed E-state index contributed by atoms with van der Waals surface area (Å²) >= 11 is 3.73. The number of benzene rings is 4. The van der Waals surface area contributed by atoms with Crippen LogP contribution < -0.4 is 0 Å². The fourth-order valence-electron chi connectivity index (χ4n) is 3.88. The van der Waals surface area contributed by atoms with Gasteiger partial charge in [-0.25, -0.2) is 0 Å². The Morgan fingerprint density at radius 1 is 0.625 bits per heavy atom. The van der Waals surface area contributed by atoms with Crippen LogP contribution in [0.25, 0.3) is 10.9 Å². The van der Waals surface area contributed by atoms with Gasteiger partial charge in [-0.2, -0.15) is 0 Å². The number of aromatic nitrogens is 1. The van der Waals surface area contributed by atoms with Gasteiger partial charge < -0.3 is 4.98 Å². The fourth-order valence-corrected chi connectivity index (χ4v) is 6.18.